The van der Waals surface area contributed by atoms with E-state index in [2.05, 4.69) is 29.8 Å². The number of piperidine rings is 1. The molecule has 1 saturated heterocycles. The van der Waals surface area contributed by atoms with E-state index in [0.29, 0.717) is 17.9 Å². The number of hydrogen-bond acceptors (Lipinski definition) is 3. The van der Waals surface area contributed by atoms with Crippen molar-refractivity contribution in [2.45, 2.75) is 43.7 Å². The Hall–Kier alpha value is -0.100. The lowest BCUT2D eigenvalue weighted by atomic mass is 9.83. The van der Waals surface area contributed by atoms with Crippen LogP contribution in [-0.2, 0) is 14.6 Å². The first kappa shape index (κ1) is 16.0. The molecule has 18 heavy (non-hydrogen) atoms. The van der Waals surface area contributed by atoms with Crippen molar-refractivity contribution in [1.82, 2.24) is 4.90 Å². The Morgan fingerprint density at radius 2 is 1.89 bits per heavy atom. The molecule has 0 aromatic heterocycles. The maximum absolute atomic E-state index is 12.4. The van der Waals surface area contributed by atoms with Gasteiger partial charge in [0.25, 0.3) is 0 Å². The molecule has 4 nitrogen and oxygen atoms in total. The molecule has 0 saturated carbocycles. The van der Waals surface area contributed by atoms with Crippen LogP contribution in [0.25, 0.3) is 0 Å². The summed E-state index contributed by atoms with van der Waals surface area (Å²) in [5, 5.41) is 0. The maximum Gasteiger partial charge on any atom is 0.243 e. The zero-order valence-corrected chi connectivity index (χ0v) is 14.1. The molecular formula is C12H22BrNO3S. The minimum absolute atomic E-state index is 0.0402. The van der Waals surface area contributed by atoms with E-state index in [1.54, 1.807) is 4.90 Å². The van der Waals surface area contributed by atoms with Crippen LogP contribution in [-0.4, -0.2) is 48.1 Å². The highest BCUT2D eigenvalue weighted by molar-refractivity contribution is 9.09. The van der Waals surface area contributed by atoms with Crippen molar-refractivity contribution in [3.8, 4) is 0 Å². The predicted octanol–water partition coefficient (Wildman–Crippen LogP) is 1.83. The average molecular weight is 340 g/mol. The van der Waals surface area contributed by atoms with Crippen LogP contribution in [0.4, 0.5) is 0 Å². The third kappa shape index (κ3) is 2.90. The van der Waals surface area contributed by atoms with Gasteiger partial charge in [0.2, 0.25) is 5.91 Å². The lowest BCUT2D eigenvalue weighted by molar-refractivity contribution is -0.136. The van der Waals surface area contributed by atoms with Gasteiger partial charge in [-0.05, 0) is 25.7 Å². The normalized spacial score (nSPS) is 25.0. The van der Waals surface area contributed by atoms with E-state index in [1.807, 2.05) is 0 Å². The van der Waals surface area contributed by atoms with Crippen LogP contribution in [0, 0.1) is 5.41 Å². The van der Waals surface area contributed by atoms with Gasteiger partial charge in [-0.2, -0.15) is 0 Å². The standard InChI is InChI=1S/C12H22BrNO3S/c1-11(2)8-14(7-6-9(11)13)10(15)12(3,4)18(5,16)17/h9H,6-8H2,1-5H3. The fourth-order valence-electron chi connectivity index (χ4n) is 2.04. The summed E-state index contributed by atoms with van der Waals surface area (Å²) in [6.45, 7) is 8.33. The summed E-state index contributed by atoms with van der Waals surface area (Å²) < 4.78 is 22.1. The number of hydrogen-bond donors (Lipinski definition) is 0. The summed E-state index contributed by atoms with van der Waals surface area (Å²) in [6.07, 6.45) is 1.96. The molecular weight excluding hydrogens is 318 g/mol. The molecule has 106 valence electrons. The molecule has 1 rings (SSSR count). The Morgan fingerprint density at radius 3 is 2.28 bits per heavy atom. The number of sulfone groups is 1. The molecule has 1 aliphatic heterocycles. The van der Waals surface area contributed by atoms with Crippen molar-refractivity contribution >= 4 is 31.7 Å². The highest BCUT2D eigenvalue weighted by atomic mass is 79.9. The van der Waals surface area contributed by atoms with Crippen LogP contribution < -0.4 is 0 Å². The van der Waals surface area contributed by atoms with Crippen molar-refractivity contribution in [3.63, 3.8) is 0 Å². The van der Waals surface area contributed by atoms with Gasteiger partial charge in [0, 0.05) is 24.2 Å². The zero-order valence-electron chi connectivity index (χ0n) is 11.7. The van der Waals surface area contributed by atoms with E-state index >= 15 is 0 Å². The van der Waals surface area contributed by atoms with E-state index in [9.17, 15) is 13.2 Å². The summed E-state index contributed by atoms with van der Waals surface area (Å²) in [7, 11) is -3.40. The molecule has 0 aromatic carbocycles. The van der Waals surface area contributed by atoms with Gasteiger partial charge in [0.05, 0.1) is 0 Å². The lowest BCUT2D eigenvalue weighted by Crippen LogP contribution is -2.56. The van der Waals surface area contributed by atoms with Crippen molar-refractivity contribution in [2.75, 3.05) is 19.3 Å². The van der Waals surface area contributed by atoms with E-state index in [4.69, 9.17) is 0 Å². The number of rotatable bonds is 2. The first-order valence-corrected chi connectivity index (χ1v) is 8.83. The van der Waals surface area contributed by atoms with Crippen molar-refractivity contribution in [3.05, 3.63) is 0 Å². The third-order valence-corrected chi connectivity index (χ3v) is 7.55. The number of nitrogens with zero attached hydrogens (tertiary/aromatic N) is 1. The molecule has 0 aliphatic carbocycles. The topological polar surface area (TPSA) is 54.5 Å². The third-order valence-electron chi connectivity index (χ3n) is 3.83. The van der Waals surface area contributed by atoms with Gasteiger partial charge in [0.1, 0.15) is 4.75 Å². The van der Waals surface area contributed by atoms with Gasteiger partial charge in [-0.3, -0.25) is 4.79 Å². The number of carbonyl (C=O) groups is 1. The van der Waals surface area contributed by atoms with Gasteiger partial charge in [-0.1, -0.05) is 29.8 Å². The Morgan fingerprint density at radius 1 is 1.39 bits per heavy atom. The molecule has 1 amide bonds. The maximum atomic E-state index is 12.4. The number of halogens is 1. The molecule has 1 fully saturated rings. The molecule has 1 heterocycles. The molecule has 0 spiro atoms. The molecule has 0 aromatic rings. The fraction of sp³-hybridized carbons (Fsp3) is 0.917. The molecule has 0 bridgehead atoms. The summed E-state index contributed by atoms with van der Waals surface area (Å²) in [5.74, 6) is -0.294. The molecule has 1 atom stereocenters. The summed E-state index contributed by atoms with van der Waals surface area (Å²) in [6, 6.07) is 0. The van der Waals surface area contributed by atoms with Crippen LogP contribution in [0.1, 0.15) is 34.1 Å². The summed E-state index contributed by atoms with van der Waals surface area (Å²) >= 11 is 3.62. The number of alkyl halides is 1. The zero-order chi connectivity index (χ0) is 14.4. The summed E-state index contributed by atoms with van der Waals surface area (Å²) in [5.41, 5.74) is -0.0402. The minimum atomic E-state index is -3.40. The second kappa shape index (κ2) is 4.78. The Kier molecular flexibility index (Phi) is 4.24. The highest BCUT2D eigenvalue weighted by Gasteiger charge is 2.45. The molecule has 0 radical (unpaired) electrons. The molecule has 6 heteroatoms. The molecule has 1 unspecified atom stereocenters. The van der Waals surface area contributed by atoms with Gasteiger partial charge in [-0.15, -0.1) is 0 Å². The minimum Gasteiger partial charge on any atom is -0.341 e. The van der Waals surface area contributed by atoms with Crippen LogP contribution in [0.3, 0.4) is 0 Å². The van der Waals surface area contributed by atoms with Gasteiger partial charge in [-0.25, -0.2) is 8.42 Å². The molecule has 0 N–H and O–H groups in total. The molecule has 1 aliphatic rings. The largest absolute Gasteiger partial charge is 0.341 e. The van der Waals surface area contributed by atoms with Gasteiger partial charge >= 0.3 is 0 Å². The Labute approximate surface area is 118 Å². The van der Waals surface area contributed by atoms with Gasteiger partial charge < -0.3 is 4.90 Å². The first-order valence-electron chi connectivity index (χ1n) is 6.02. The predicted molar refractivity (Wildman–Crippen MR) is 76.6 cm³/mol. The van der Waals surface area contributed by atoms with E-state index in [0.717, 1.165) is 12.7 Å². The Bertz CT molecular complexity index is 442. The lowest BCUT2D eigenvalue weighted by Gasteiger charge is -2.43. The monoisotopic (exact) mass is 339 g/mol. The number of amides is 1. The van der Waals surface area contributed by atoms with Crippen molar-refractivity contribution in [2.24, 2.45) is 5.41 Å². The quantitative estimate of drug-likeness (QED) is 0.721. The first-order chi connectivity index (χ1) is 7.89. The SMILES string of the molecule is CC1(C)CN(C(=O)C(C)(C)S(C)(=O)=O)CCC1Br. The van der Waals surface area contributed by atoms with E-state index in [-0.39, 0.29) is 11.3 Å². The van der Waals surface area contributed by atoms with Crippen LogP contribution in [0.2, 0.25) is 0 Å². The van der Waals surface area contributed by atoms with Crippen LogP contribution >= 0.6 is 15.9 Å². The summed E-state index contributed by atoms with van der Waals surface area (Å²) in [4.78, 5) is 14.4. The number of carbonyl (C=O) groups excluding carboxylic acids is 1. The van der Waals surface area contributed by atoms with Crippen LogP contribution in [0.5, 0.6) is 0 Å². The van der Waals surface area contributed by atoms with Crippen molar-refractivity contribution in [1.29, 1.82) is 0 Å². The van der Waals surface area contributed by atoms with Gasteiger partial charge in [0.15, 0.2) is 9.84 Å². The fourth-order valence-corrected chi connectivity index (χ4v) is 2.84. The Balaban J connectivity index is 2.94. The second-order valence-electron chi connectivity index (χ2n) is 6.25. The average Bonchev–Trinajstić information content (AvgIpc) is 2.19. The van der Waals surface area contributed by atoms with Crippen LogP contribution in [0.15, 0.2) is 0 Å². The highest BCUT2D eigenvalue weighted by Crippen LogP contribution is 2.35. The second-order valence-corrected chi connectivity index (χ2v) is 9.92. The van der Waals surface area contributed by atoms with E-state index in [1.165, 1.54) is 13.8 Å². The van der Waals surface area contributed by atoms with Crippen molar-refractivity contribution < 1.29 is 13.2 Å². The smallest absolute Gasteiger partial charge is 0.243 e. The van der Waals surface area contributed by atoms with E-state index < -0.39 is 14.6 Å². The number of likely N-dealkylation sites (tertiary alicyclic amines) is 1.